The van der Waals surface area contributed by atoms with Crippen molar-refractivity contribution in [2.24, 2.45) is 0 Å². The predicted molar refractivity (Wildman–Crippen MR) is 109 cm³/mol. The third-order valence-electron chi connectivity index (χ3n) is 4.30. The zero-order valence-corrected chi connectivity index (χ0v) is 17.7. The SMILES string of the molecule is CCCCC/C(=C/C(=O)OCCCCCCCCCBr)CCCC. The number of hydrogen-bond acceptors (Lipinski definition) is 2. The smallest absolute Gasteiger partial charge is 0.330 e. The lowest BCUT2D eigenvalue weighted by molar-refractivity contribution is -0.137. The monoisotopic (exact) mass is 402 g/mol. The highest BCUT2D eigenvalue weighted by Crippen LogP contribution is 2.16. The van der Waals surface area contributed by atoms with E-state index in [-0.39, 0.29) is 5.97 Å². The van der Waals surface area contributed by atoms with Crippen molar-refractivity contribution >= 4 is 21.9 Å². The quantitative estimate of drug-likeness (QED) is 0.110. The second-order valence-corrected chi connectivity index (χ2v) is 7.49. The molecule has 0 amide bonds. The number of rotatable bonds is 17. The van der Waals surface area contributed by atoms with Crippen LogP contribution in [0.1, 0.15) is 104 Å². The van der Waals surface area contributed by atoms with E-state index in [0.29, 0.717) is 6.61 Å². The van der Waals surface area contributed by atoms with Crippen LogP contribution in [0.4, 0.5) is 0 Å². The van der Waals surface area contributed by atoms with Gasteiger partial charge in [0.25, 0.3) is 0 Å². The minimum absolute atomic E-state index is 0.130. The van der Waals surface area contributed by atoms with Crippen LogP contribution >= 0.6 is 15.9 Å². The number of esters is 1. The van der Waals surface area contributed by atoms with Crippen molar-refractivity contribution in [1.82, 2.24) is 0 Å². The molecule has 0 aromatic rings. The van der Waals surface area contributed by atoms with Crippen LogP contribution in [0, 0.1) is 0 Å². The first-order valence-corrected chi connectivity index (χ1v) is 11.3. The zero-order chi connectivity index (χ0) is 17.9. The molecule has 142 valence electrons. The summed E-state index contributed by atoms with van der Waals surface area (Å²) in [6.07, 6.45) is 18.5. The fraction of sp³-hybridized carbons (Fsp3) is 0.857. The molecule has 0 atom stereocenters. The Morgan fingerprint density at radius 1 is 0.792 bits per heavy atom. The standard InChI is InChI=1S/C21H39BrO2/c1-3-5-12-16-20(15-6-4-2)19-21(23)24-18-14-11-9-7-8-10-13-17-22/h19H,3-18H2,1-2H3/b20-19+. The van der Waals surface area contributed by atoms with E-state index in [1.165, 1.54) is 76.2 Å². The Morgan fingerprint density at radius 3 is 2.00 bits per heavy atom. The molecule has 24 heavy (non-hydrogen) atoms. The number of hydrogen-bond donors (Lipinski definition) is 0. The Bertz CT molecular complexity index is 313. The van der Waals surface area contributed by atoms with Crippen LogP contribution in [0.15, 0.2) is 11.6 Å². The van der Waals surface area contributed by atoms with Gasteiger partial charge in [-0.1, -0.05) is 86.7 Å². The Morgan fingerprint density at radius 2 is 1.38 bits per heavy atom. The third kappa shape index (κ3) is 16.5. The summed E-state index contributed by atoms with van der Waals surface area (Å²) in [6.45, 7) is 4.99. The number of ether oxygens (including phenoxy) is 1. The van der Waals surface area contributed by atoms with Crippen LogP contribution in [0.3, 0.4) is 0 Å². The molecule has 0 saturated heterocycles. The lowest BCUT2D eigenvalue weighted by atomic mass is 10.0. The molecule has 0 fully saturated rings. The molecule has 0 heterocycles. The maximum absolute atomic E-state index is 12.0. The second kappa shape index (κ2) is 19.0. The van der Waals surface area contributed by atoms with Crippen molar-refractivity contribution in [3.8, 4) is 0 Å². The lowest BCUT2D eigenvalue weighted by Crippen LogP contribution is -2.04. The van der Waals surface area contributed by atoms with Gasteiger partial charge in [0, 0.05) is 11.4 Å². The highest BCUT2D eigenvalue weighted by atomic mass is 79.9. The van der Waals surface area contributed by atoms with Gasteiger partial charge >= 0.3 is 5.97 Å². The van der Waals surface area contributed by atoms with Gasteiger partial charge in [0.15, 0.2) is 0 Å². The molecule has 0 bridgehead atoms. The minimum atomic E-state index is -0.130. The van der Waals surface area contributed by atoms with E-state index in [1.54, 1.807) is 6.08 Å². The van der Waals surface area contributed by atoms with Gasteiger partial charge in [0.05, 0.1) is 6.61 Å². The topological polar surface area (TPSA) is 26.3 Å². The highest BCUT2D eigenvalue weighted by Gasteiger charge is 2.04. The predicted octanol–water partition coefficient (Wildman–Crippen LogP) is 7.35. The average Bonchev–Trinajstić information content (AvgIpc) is 2.58. The van der Waals surface area contributed by atoms with Crippen LogP contribution in [0.2, 0.25) is 0 Å². The summed E-state index contributed by atoms with van der Waals surface area (Å²) >= 11 is 3.46. The third-order valence-corrected chi connectivity index (χ3v) is 4.86. The van der Waals surface area contributed by atoms with Crippen molar-refractivity contribution in [2.75, 3.05) is 11.9 Å². The van der Waals surface area contributed by atoms with Crippen molar-refractivity contribution in [2.45, 2.75) is 104 Å². The molecule has 0 radical (unpaired) electrons. The molecule has 0 unspecified atom stereocenters. The van der Waals surface area contributed by atoms with Gasteiger partial charge in [-0.25, -0.2) is 4.79 Å². The first-order valence-electron chi connectivity index (χ1n) is 10.2. The number of carbonyl (C=O) groups is 1. The molecule has 0 saturated carbocycles. The molecule has 2 nitrogen and oxygen atoms in total. The summed E-state index contributed by atoms with van der Waals surface area (Å²) in [6, 6.07) is 0. The number of unbranched alkanes of at least 4 members (excludes halogenated alkanes) is 9. The molecule has 0 N–H and O–H groups in total. The summed E-state index contributed by atoms with van der Waals surface area (Å²) in [7, 11) is 0. The fourth-order valence-corrected chi connectivity index (χ4v) is 3.13. The molecule has 3 heteroatoms. The van der Waals surface area contributed by atoms with Gasteiger partial charge in [-0.05, 0) is 38.5 Å². The summed E-state index contributed by atoms with van der Waals surface area (Å²) in [5, 5.41) is 1.12. The molecular weight excluding hydrogens is 364 g/mol. The van der Waals surface area contributed by atoms with E-state index < -0.39 is 0 Å². The molecule has 0 aliphatic heterocycles. The normalized spacial score (nSPS) is 11.7. The van der Waals surface area contributed by atoms with Gasteiger partial charge in [-0.15, -0.1) is 0 Å². The molecule has 0 aromatic carbocycles. The van der Waals surface area contributed by atoms with Gasteiger partial charge in [0.1, 0.15) is 0 Å². The lowest BCUT2D eigenvalue weighted by Gasteiger charge is -2.07. The van der Waals surface area contributed by atoms with Gasteiger partial charge in [-0.2, -0.15) is 0 Å². The van der Waals surface area contributed by atoms with E-state index >= 15 is 0 Å². The van der Waals surface area contributed by atoms with Crippen LogP contribution in [0.5, 0.6) is 0 Å². The van der Waals surface area contributed by atoms with E-state index in [2.05, 4.69) is 29.8 Å². The van der Waals surface area contributed by atoms with Gasteiger partial charge in [-0.3, -0.25) is 0 Å². The van der Waals surface area contributed by atoms with E-state index in [0.717, 1.165) is 24.6 Å². The Balaban J connectivity index is 3.79. The first kappa shape index (κ1) is 23.7. The summed E-state index contributed by atoms with van der Waals surface area (Å²) < 4.78 is 5.38. The Hall–Kier alpha value is -0.310. The minimum Gasteiger partial charge on any atom is -0.463 e. The van der Waals surface area contributed by atoms with E-state index in [9.17, 15) is 4.79 Å². The number of halogens is 1. The maximum Gasteiger partial charge on any atom is 0.330 e. The second-order valence-electron chi connectivity index (χ2n) is 6.69. The summed E-state index contributed by atoms with van der Waals surface area (Å²) in [5.74, 6) is -0.130. The molecule has 0 spiro atoms. The van der Waals surface area contributed by atoms with Crippen LogP contribution in [0.25, 0.3) is 0 Å². The van der Waals surface area contributed by atoms with E-state index in [4.69, 9.17) is 4.74 Å². The molecular formula is C21H39BrO2. The van der Waals surface area contributed by atoms with Gasteiger partial charge < -0.3 is 4.74 Å². The van der Waals surface area contributed by atoms with Crippen molar-refractivity contribution < 1.29 is 9.53 Å². The largest absolute Gasteiger partial charge is 0.463 e. The first-order chi connectivity index (χ1) is 11.7. The number of carbonyl (C=O) groups excluding carboxylic acids is 1. The summed E-state index contributed by atoms with van der Waals surface area (Å²) in [4.78, 5) is 12.0. The average molecular weight is 403 g/mol. The number of allylic oxidation sites excluding steroid dienone is 1. The van der Waals surface area contributed by atoms with Crippen molar-refractivity contribution in [3.05, 3.63) is 11.6 Å². The molecule has 0 aliphatic carbocycles. The van der Waals surface area contributed by atoms with E-state index in [1.807, 2.05) is 0 Å². The maximum atomic E-state index is 12.0. The Kier molecular flexibility index (Phi) is 18.8. The summed E-state index contributed by atoms with van der Waals surface area (Å²) in [5.41, 5.74) is 1.28. The highest BCUT2D eigenvalue weighted by molar-refractivity contribution is 9.09. The van der Waals surface area contributed by atoms with Crippen molar-refractivity contribution in [1.29, 1.82) is 0 Å². The zero-order valence-electron chi connectivity index (χ0n) is 16.1. The Labute approximate surface area is 158 Å². The fourth-order valence-electron chi connectivity index (χ4n) is 2.74. The molecule has 0 aromatic heterocycles. The van der Waals surface area contributed by atoms with Crippen LogP contribution in [-0.4, -0.2) is 17.9 Å². The molecule has 0 aliphatic rings. The molecule has 0 rings (SSSR count). The van der Waals surface area contributed by atoms with Crippen LogP contribution in [-0.2, 0) is 9.53 Å². The van der Waals surface area contributed by atoms with Crippen LogP contribution < -0.4 is 0 Å². The van der Waals surface area contributed by atoms with Crippen molar-refractivity contribution in [3.63, 3.8) is 0 Å². The van der Waals surface area contributed by atoms with Gasteiger partial charge in [0.2, 0.25) is 0 Å². The number of alkyl halides is 1.